The number of aliphatic hydroxyl groups is 1. The van der Waals surface area contributed by atoms with Gasteiger partial charge in [-0.1, -0.05) is 23.2 Å². The second-order valence-corrected chi connectivity index (χ2v) is 9.86. The van der Waals surface area contributed by atoms with Gasteiger partial charge in [0, 0.05) is 43.8 Å². The molecule has 0 spiro atoms. The van der Waals surface area contributed by atoms with Gasteiger partial charge >= 0.3 is 0 Å². The van der Waals surface area contributed by atoms with Crippen molar-refractivity contribution in [2.24, 2.45) is 16.8 Å². The van der Waals surface area contributed by atoms with Crippen molar-refractivity contribution in [3.05, 3.63) is 34.4 Å². The number of nitrogens with one attached hydrogen (secondary N) is 2. The van der Waals surface area contributed by atoms with Crippen LogP contribution in [0.3, 0.4) is 0 Å². The van der Waals surface area contributed by atoms with Gasteiger partial charge < -0.3 is 20.5 Å². The Morgan fingerprint density at radius 3 is 2.62 bits per heavy atom. The molecule has 2 fully saturated rings. The molecular formula is C25H33Cl2N5O2. The third-order valence-corrected chi connectivity index (χ3v) is 7.14. The molecule has 0 atom stereocenters. The molecule has 7 nitrogen and oxygen atoms in total. The summed E-state index contributed by atoms with van der Waals surface area (Å²) in [5.41, 5.74) is 1.42. The number of hydrogen-bond donors (Lipinski definition) is 3. The SMILES string of the molecule is OCCN=CC1CCC(Nc2cc(-c3nc(NCC4CCOCC4)ccc3Cl)c(Cl)cn2)CC1. The van der Waals surface area contributed by atoms with E-state index in [9.17, 15) is 0 Å². The maximum atomic E-state index is 8.88. The number of anilines is 2. The average molecular weight is 506 g/mol. The smallest absolute Gasteiger partial charge is 0.126 e. The van der Waals surface area contributed by atoms with Crippen LogP contribution in [0.2, 0.25) is 10.0 Å². The molecule has 1 saturated heterocycles. The Bertz CT molecular complexity index is 960. The van der Waals surface area contributed by atoms with Crippen LogP contribution >= 0.6 is 23.2 Å². The lowest BCUT2D eigenvalue weighted by Gasteiger charge is -2.27. The first kappa shape index (κ1) is 25.2. The Hall–Kier alpha value is -1.93. The fraction of sp³-hybridized carbons (Fsp3) is 0.560. The molecule has 1 aliphatic carbocycles. The Morgan fingerprint density at radius 1 is 1.06 bits per heavy atom. The van der Waals surface area contributed by atoms with Gasteiger partial charge in [-0.2, -0.15) is 0 Å². The van der Waals surface area contributed by atoms with Gasteiger partial charge in [-0.05, 0) is 68.6 Å². The summed E-state index contributed by atoms with van der Waals surface area (Å²) in [7, 11) is 0. The second-order valence-electron chi connectivity index (χ2n) is 9.05. The minimum absolute atomic E-state index is 0.103. The molecule has 9 heteroatoms. The number of halogens is 2. The van der Waals surface area contributed by atoms with Crippen molar-refractivity contribution in [2.75, 3.05) is 43.5 Å². The van der Waals surface area contributed by atoms with E-state index in [4.69, 9.17) is 38.0 Å². The third-order valence-electron chi connectivity index (χ3n) is 6.54. The van der Waals surface area contributed by atoms with Crippen molar-refractivity contribution in [3.8, 4) is 11.3 Å². The van der Waals surface area contributed by atoms with Gasteiger partial charge in [0.25, 0.3) is 0 Å². The lowest BCUT2D eigenvalue weighted by Crippen LogP contribution is -2.27. The lowest BCUT2D eigenvalue weighted by molar-refractivity contribution is 0.0699. The van der Waals surface area contributed by atoms with Crippen molar-refractivity contribution in [3.63, 3.8) is 0 Å². The highest BCUT2D eigenvalue weighted by molar-refractivity contribution is 6.36. The Morgan fingerprint density at radius 2 is 1.85 bits per heavy atom. The maximum Gasteiger partial charge on any atom is 0.126 e. The zero-order valence-corrected chi connectivity index (χ0v) is 20.9. The van der Waals surface area contributed by atoms with Crippen LogP contribution in [0.15, 0.2) is 29.4 Å². The molecule has 0 radical (unpaired) electrons. The van der Waals surface area contributed by atoms with Crippen LogP contribution < -0.4 is 10.6 Å². The predicted octanol–water partition coefficient (Wildman–Crippen LogP) is 5.32. The van der Waals surface area contributed by atoms with E-state index in [1.54, 1.807) is 6.20 Å². The Labute approximate surface area is 211 Å². The summed E-state index contributed by atoms with van der Waals surface area (Å²) in [6, 6.07) is 6.05. The summed E-state index contributed by atoms with van der Waals surface area (Å²) in [5, 5.41) is 17.0. The summed E-state index contributed by atoms with van der Waals surface area (Å²) < 4.78 is 5.45. The summed E-state index contributed by atoms with van der Waals surface area (Å²) in [6.07, 6.45) is 10.0. The van der Waals surface area contributed by atoms with Crippen LogP contribution in [-0.2, 0) is 4.74 Å². The molecule has 184 valence electrons. The van der Waals surface area contributed by atoms with Crippen molar-refractivity contribution in [1.29, 1.82) is 0 Å². The van der Waals surface area contributed by atoms with Gasteiger partial charge in [0.15, 0.2) is 0 Å². The number of aliphatic imine (C=N–C) groups is 1. The van der Waals surface area contributed by atoms with Crippen LogP contribution in [-0.4, -0.2) is 60.2 Å². The van der Waals surface area contributed by atoms with Gasteiger partial charge in [0.1, 0.15) is 11.6 Å². The Kier molecular flexibility index (Phi) is 9.39. The number of aliphatic hydroxyl groups excluding tert-OH is 1. The molecule has 0 aromatic carbocycles. The molecule has 0 bridgehead atoms. The fourth-order valence-corrected chi connectivity index (χ4v) is 4.93. The van der Waals surface area contributed by atoms with Crippen LogP contribution in [0.25, 0.3) is 11.3 Å². The number of pyridine rings is 2. The van der Waals surface area contributed by atoms with Crippen LogP contribution in [0.5, 0.6) is 0 Å². The van der Waals surface area contributed by atoms with E-state index in [1.807, 2.05) is 24.4 Å². The second kappa shape index (κ2) is 12.7. The summed E-state index contributed by atoms with van der Waals surface area (Å²) in [6.45, 7) is 3.10. The molecular weight excluding hydrogens is 473 g/mol. The normalized spacial score (nSPS) is 21.6. The molecule has 1 saturated carbocycles. The minimum Gasteiger partial charge on any atom is -0.394 e. The highest BCUT2D eigenvalue weighted by Crippen LogP contribution is 2.34. The summed E-state index contributed by atoms with van der Waals surface area (Å²) in [4.78, 5) is 13.5. The number of nitrogens with zero attached hydrogens (tertiary/aromatic N) is 3. The van der Waals surface area contributed by atoms with Gasteiger partial charge in [0.2, 0.25) is 0 Å². The van der Waals surface area contributed by atoms with E-state index < -0.39 is 0 Å². The summed E-state index contributed by atoms with van der Waals surface area (Å²) in [5.74, 6) is 2.63. The molecule has 3 N–H and O–H groups in total. The fourth-order valence-electron chi connectivity index (χ4n) is 4.53. The first-order chi connectivity index (χ1) is 16.6. The van der Waals surface area contributed by atoms with Gasteiger partial charge in [-0.3, -0.25) is 4.99 Å². The molecule has 2 aromatic heterocycles. The summed E-state index contributed by atoms with van der Waals surface area (Å²) >= 11 is 13.1. The molecule has 4 rings (SSSR count). The highest BCUT2D eigenvalue weighted by atomic mass is 35.5. The number of rotatable bonds is 9. The molecule has 2 aromatic rings. The van der Waals surface area contributed by atoms with Crippen LogP contribution in [0.4, 0.5) is 11.6 Å². The lowest BCUT2D eigenvalue weighted by atomic mass is 9.87. The van der Waals surface area contributed by atoms with Gasteiger partial charge in [-0.25, -0.2) is 9.97 Å². The molecule has 34 heavy (non-hydrogen) atoms. The molecule has 1 aliphatic heterocycles. The maximum absolute atomic E-state index is 8.88. The monoisotopic (exact) mass is 505 g/mol. The van der Waals surface area contributed by atoms with Crippen molar-refractivity contribution in [1.82, 2.24) is 9.97 Å². The van der Waals surface area contributed by atoms with Crippen molar-refractivity contribution < 1.29 is 9.84 Å². The standard InChI is InChI=1S/C25H33Cl2N5O2/c26-21-5-6-23(29-15-18-7-11-34-12-8-18)32-25(21)20-13-24(30-16-22(20)27)31-19-3-1-17(2-4-19)14-28-9-10-33/h5-6,13-14,16-19,33H,1-4,7-12,15H2,(H,29,32)(H,30,31). The van der Waals surface area contributed by atoms with Crippen LogP contribution in [0.1, 0.15) is 38.5 Å². The predicted molar refractivity (Wildman–Crippen MR) is 139 cm³/mol. The quantitative estimate of drug-likeness (QED) is 0.399. The average Bonchev–Trinajstić information content (AvgIpc) is 2.87. The van der Waals surface area contributed by atoms with Crippen molar-refractivity contribution in [2.45, 2.75) is 44.6 Å². The molecule has 0 unspecified atom stereocenters. The van der Waals surface area contributed by atoms with E-state index in [-0.39, 0.29) is 6.61 Å². The minimum atomic E-state index is 0.103. The first-order valence-corrected chi connectivity index (χ1v) is 12.9. The van der Waals surface area contributed by atoms with E-state index in [2.05, 4.69) is 20.6 Å². The number of aromatic nitrogens is 2. The topological polar surface area (TPSA) is 91.7 Å². The van der Waals surface area contributed by atoms with E-state index >= 15 is 0 Å². The van der Waals surface area contributed by atoms with Gasteiger partial charge in [0.05, 0.1) is 28.9 Å². The molecule has 2 aliphatic rings. The largest absolute Gasteiger partial charge is 0.394 e. The van der Waals surface area contributed by atoms with E-state index in [0.717, 1.165) is 75.5 Å². The zero-order chi connectivity index (χ0) is 23.8. The number of hydrogen-bond acceptors (Lipinski definition) is 7. The van der Waals surface area contributed by atoms with Crippen molar-refractivity contribution >= 4 is 41.1 Å². The first-order valence-electron chi connectivity index (χ1n) is 12.1. The number of ether oxygens (including phenoxy) is 1. The molecule has 0 amide bonds. The zero-order valence-electron chi connectivity index (χ0n) is 19.4. The van der Waals surface area contributed by atoms with Crippen LogP contribution in [0, 0.1) is 11.8 Å². The van der Waals surface area contributed by atoms with E-state index in [1.165, 1.54) is 0 Å². The third kappa shape index (κ3) is 7.04. The Balaban J connectivity index is 1.40. The molecule has 3 heterocycles. The highest BCUT2D eigenvalue weighted by Gasteiger charge is 2.21. The van der Waals surface area contributed by atoms with E-state index in [0.29, 0.717) is 40.2 Å². The van der Waals surface area contributed by atoms with Gasteiger partial charge in [-0.15, -0.1) is 0 Å².